The van der Waals surface area contributed by atoms with Gasteiger partial charge in [0.05, 0.1) is 6.10 Å². The Balaban J connectivity index is 2.82. The summed E-state index contributed by atoms with van der Waals surface area (Å²) < 4.78 is 0.459. The summed E-state index contributed by atoms with van der Waals surface area (Å²) in [7, 11) is -1.42. The van der Waals surface area contributed by atoms with Crippen molar-refractivity contribution in [2.45, 2.75) is 13.0 Å². The van der Waals surface area contributed by atoms with Gasteiger partial charge in [-0.25, -0.2) is 0 Å². The van der Waals surface area contributed by atoms with Crippen LogP contribution in [-0.2, 0) is 0 Å². The standard InChI is InChI=1S/C6H9BO3S/c1-4(8)5-2-3-6(11-5)7(9)10/h2-4,8-10H,1H3/t4-/m0/s1. The molecule has 1 aromatic heterocycles. The molecule has 0 radical (unpaired) electrons. The van der Waals surface area contributed by atoms with Crippen LogP contribution < -0.4 is 4.78 Å². The largest absolute Gasteiger partial charge is 0.499 e. The van der Waals surface area contributed by atoms with Crippen molar-refractivity contribution in [1.29, 1.82) is 0 Å². The van der Waals surface area contributed by atoms with Gasteiger partial charge in [0.2, 0.25) is 0 Å². The van der Waals surface area contributed by atoms with Crippen molar-refractivity contribution in [1.82, 2.24) is 0 Å². The average molecular weight is 172 g/mol. The summed E-state index contributed by atoms with van der Waals surface area (Å²) in [6.07, 6.45) is -0.535. The van der Waals surface area contributed by atoms with Gasteiger partial charge in [-0.2, -0.15) is 0 Å². The van der Waals surface area contributed by atoms with Crippen LogP contribution in [0.4, 0.5) is 0 Å². The second-order valence-corrected chi connectivity index (χ2v) is 3.44. The molecule has 1 atom stereocenters. The van der Waals surface area contributed by atoms with Crippen LogP contribution in [0.3, 0.4) is 0 Å². The maximum absolute atomic E-state index is 9.07. The van der Waals surface area contributed by atoms with E-state index in [-0.39, 0.29) is 0 Å². The first-order chi connectivity index (χ1) is 5.11. The van der Waals surface area contributed by atoms with Gasteiger partial charge >= 0.3 is 7.12 Å². The molecule has 0 aliphatic heterocycles. The molecule has 0 unspecified atom stereocenters. The third-order valence-corrected chi connectivity index (χ3v) is 2.61. The van der Waals surface area contributed by atoms with Gasteiger partial charge in [0, 0.05) is 9.65 Å². The number of hydrogen-bond donors (Lipinski definition) is 3. The van der Waals surface area contributed by atoms with E-state index in [1.807, 2.05) is 0 Å². The number of aliphatic hydroxyl groups excluding tert-OH is 1. The summed E-state index contributed by atoms with van der Waals surface area (Å²) >= 11 is 1.20. The Morgan fingerprint density at radius 2 is 2.09 bits per heavy atom. The molecule has 5 heteroatoms. The highest BCUT2D eigenvalue weighted by atomic mass is 32.1. The van der Waals surface area contributed by atoms with Crippen LogP contribution in [-0.4, -0.2) is 22.3 Å². The molecule has 0 aliphatic carbocycles. The topological polar surface area (TPSA) is 60.7 Å². The van der Waals surface area contributed by atoms with Gasteiger partial charge in [-0.05, 0) is 13.0 Å². The molecule has 0 bridgehead atoms. The molecule has 0 aliphatic rings. The fourth-order valence-corrected chi connectivity index (χ4v) is 1.55. The van der Waals surface area contributed by atoms with Gasteiger partial charge in [-0.15, -0.1) is 11.3 Å². The molecule has 0 spiro atoms. The quantitative estimate of drug-likeness (QED) is 0.526. The van der Waals surface area contributed by atoms with E-state index in [0.29, 0.717) is 4.78 Å². The molecule has 0 saturated heterocycles. The maximum Gasteiger partial charge on any atom is 0.499 e. The van der Waals surface area contributed by atoms with E-state index in [9.17, 15) is 0 Å². The Hall–Kier alpha value is -0.355. The number of rotatable bonds is 2. The van der Waals surface area contributed by atoms with Crippen molar-refractivity contribution < 1.29 is 15.2 Å². The van der Waals surface area contributed by atoms with Crippen LogP contribution in [0, 0.1) is 0 Å². The second kappa shape index (κ2) is 3.36. The minimum atomic E-state index is -1.42. The van der Waals surface area contributed by atoms with Crippen LogP contribution in [0.15, 0.2) is 12.1 Å². The predicted octanol–water partition coefficient (Wildman–Crippen LogP) is -0.519. The third-order valence-electron chi connectivity index (χ3n) is 1.31. The van der Waals surface area contributed by atoms with Gasteiger partial charge in [-0.3, -0.25) is 0 Å². The van der Waals surface area contributed by atoms with Gasteiger partial charge in [0.15, 0.2) is 0 Å². The lowest BCUT2D eigenvalue weighted by molar-refractivity contribution is 0.203. The van der Waals surface area contributed by atoms with Gasteiger partial charge in [-0.1, -0.05) is 6.07 Å². The first-order valence-electron chi connectivity index (χ1n) is 3.25. The lowest BCUT2D eigenvalue weighted by atomic mass is 9.90. The smallest absolute Gasteiger partial charge is 0.423 e. The predicted molar refractivity (Wildman–Crippen MR) is 44.8 cm³/mol. The molecule has 3 nitrogen and oxygen atoms in total. The minimum Gasteiger partial charge on any atom is -0.423 e. The van der Waals surface area contributed by atoms with E-state index >= 15 is 0 Å². The normalized spacial score (nSPS) is 13.1. The third kappa shape index (κ3) is 2.03. The molecule has 1 aromatic rings. The molecule has 0 saturated carbocycles. The van der Waals surface area contributed by atoms with Crippen molar-refractivity contribution in [3.63, 3.8) is 0 Å². The maximum atomic E-state index is 9.07. The Morgan fingerprint density at radius 3 is 2.36 bits per heavy atom. The van der Waals surface area contributed by atoms with Crippen LogP contribution >= 0.6 is 11.3 Å². The summed E-state index contributed by atoms with van der Waals surface area (Å²) in [5.74, 6) is 0. The van der Waals surface area contributed by atoms with Crippen molar-refractivity contribution in [3.8, 4) is 0 Å². The van der Waals surface area contributed by atoms with Gasteiger partial charge in [0.1, 0.15) is 0 Å². The van der Waals surface area contributed by atoms with E-state index < -0.39 is 13.2 Å². The lowest BCUT2D eigenvalue weighted by Crippen LogP contribution is -2.26. The Labute approximate surface area is 69.1 Å². The second-order valence-electron chi connectivity index (χ2n) is 2.29. The van der Waals surface area contributed by atoms with E-state index in [2.05, 4.69) is 0 Å². The van der Waals surface area contributed by atoms with E-state index in [0.717, 1.165) is 4.88 Å². The molecule has 11 heavy (non-hydrogen) atoms. The Bertz CT molecular complexity index is 211. The molecule has 1 rings (SSSR count). The first-order valence-corrected chi connectivity index (χ1v) is 4.06. The molecule has 3 N–H and O–H groups in total. The molecule has 0 aromatic carbocycles. The summed E-state index contributed by atoms with van der Waals surface area (Å²) in [6, 6.07) is 3.28. The Kier molecular flexibility index (Phi) is 2.67. The Morgan fingerprint density at radius 1 is 1.45 bits per heavy atom. The number of thiophene rings is 1. The van der Waals surface area contributed by atoms with Gasteiger partial charge < -0.3 is 15.2 Å². The molecule has 0 amide bonds. The summed E-state index contributed by atoms with van der Waals surface area (Å²) in [5, 5.41) is 26.5. The average Bonchev–Trinajstić information content (AvgIpc) is 2.33. The van der Waals surface area contributed by atoms with E-state index in [4.69, 9.17) is 15.2 Å². The number of aliphatic hydroxyl groups is 1. The molecular formula is C6H9BO3S. The molecule has 60 valence electrons. The van der Waals surface area contributed by atoms with Crippen molar-refractivity contribution >= 4 is 23.2 Å². The highest BCUT2D eigenvalue weighted by Crippen LogP contribution is 2.16. The van der Waals surface area contributed by atoms with E-state index in [1.165, 1.54) is 11.3 Å². The molecule has 0 fully saturated rings. The monoisotopic (exact) mass is 172 g/mol. The fraction of sp³-hybridized carbons (Fsp3) is 0.333. The minimum absolute atomic E-state index is 0.459. The fourth-order valence-electron chi connectivity index (χ4n) is 0.732. The van der Waals surface area contributed by atoms with Crippen LogP contribution in [0.1, 0.15) is 17.9 Å². The lowest BCUT2D eigenvalue weighted by Gasteiger charge is -1.96. The van der Waals surface area contributed by atoms with Crippen molar-refractivity contribution in [2.24, 2.45) is 0 Å². The zero-order chi connectivity index (χ0) is 8.43. The zero-order valence-electron chi connectivity index (χ0n) is 6.06. The summed E-state index contributed by atoms with van der Waals surface area (Å²) in [5.41, 5.74) is 0. The highest BCUT2D eigenvalue weighted by molar-refractivity contribution is 7.22. The van der Waals surface area contributed by atoms with Crippen LogP contribution in [0.2, 0.25) is 0 Å². The summed E-state index contributed by atoms with van der Waals surface area (Å²) in [6.45, 7) is 1.64. The van der Waals surface area contributed by atoms with Crippen LogP contribution in [0.25, 0.3) is 0 Å². The van der Waals surface area contributed by atoms with Crippen molar-refractivity contribution in [2.75, 3.05) is 0 Å². The number of hydrogen-bond acceptors (Lipinski definition) is 4. The highest BCUT2D eigenvalue weighted by Gasteiger charge is 2.14. The SMILES string of the molecule is C[C@H](O)c1ccc(B(O)O)s1. The van der Waals surface area contributed by atoms with Crippen molar-refractivity contribution in [3.05, 3.63) is 17.0 Å². The van der Waals surface area contributed by atoms with Gasteiger partial charge in [0.25, 0.3) is 0 Å². The molecular weight excluding hydrogens is 163 g/mol. The molecule has 1 heterocycles. The van der Waals surface area contributed by atoms with E-state index in [1.54, 1.807) is 19.1 Å². The van der Waals surface area contributed by atoms with Crippen LogP contribution in [0.5, 0.6) is 0 Å². The zero-order valence-corrected chi connectivity index (χ0v) is 6.88. The first kappa shape index (κ1) is 8.74. The summed E-state index contributed by atoms with van der Waals surface area (Å²) in [4.78, 5) is 0.744.